The Labute approximate surface area is 110 Å². The molecule has 0 aromatic carbocycles. The predicted octanol–water partition coefficient (Wildman–Crippen LogP) is 0.565. The summed E-state index contributed by atoms with van der Waals surface area (Å²) in [6, 6.07) is 1.77. The number of hydrogen-bond donors (Lipinski definition) is 1. The first-order chi connectivity index (χ1) is 9.25. The second-order valence-electron chi connectivity index (χ2n) is 4.41. The minimum absolute atomic E-state index is 0.410. The smallest absolute Gasteiger partial charge is 0.250 e. The zero-order valence-corrected chi connectivity index (χ0v) is 10.4. The molecule has 3 rings (SSSR count). The van der Waals surface area contributed by atoms with Crippen LogP contribution in [-0.4, -0.2) is 42.2 Å². The quantitative estimate of drug-likeness (QED) is 0.851. The molecule has 6 heteroatoms. The lowest BCUT2D eigenvalue weighted by atomic mass is 10.1. The largest absolute Gasteiger partial charge is 0.378 e. The van der Waals surface area contributed by atoms with Crippen molar-refractivity contribution in [2.45, 2.75) is 0 Å². The lowest BCUT2D eigenvalue weighted by molar-refractivity contribution is 0.1000. The molecule has 1 aliphatic heterocycles. The molecule has 1 amide bonds. The zero-order valence-electron chi connectivity index (χ0n) is 10.4. The number of anilines is 1. The molecule has 2 aromatic rings. The molecule has 0 saturated carbocycles. The molecule has 6 nitrogen and oxygen atoms in total. The molecular weight excluding hydrogens is 244 g/mol. The summed E-state index contributed by atoms with van der Waals surface area (Å²) < 4.78 is 5.34. The highest BCUT2D eigenvalue weighted by Crippen LogP contribution is 2.25. The van der Waals surface area contributed by atoms with Gasteiger partial charge in [0, 0.05) is 24.7 Å². The Morgan fingerprint density at radius 1 is 1.26 bits per heavy atom. The summed E-state index contributed by atoms with van der Waals surface area (Å²) in [5.41, 5.74) is 7.44. The van der Waals surface area contributed by atoms with Gasteiger partial charge < -0.3 is 15.4 Å². The average Bonchev–Trinajstić information content (AvgIpc) is 2.47. The van der Waals surface area contributed by atoms with Gasteiger partial charge in [-0.1, -0.05) is 0 Å². The van der Waals surface area contributed by atoms with Crippen molar-refractivity contribution in [1.29, 1.82) is 0 Å². The predicted molar refractivity (Wildman–Crippen MR) is 71.1 cm³/mol. The topological polar surface area (TPSA) is 81.3 Å². The van der Waals surface area contributed by atoms with Crippen molar-refractivity contribution in [1.82, 2.24) is 9.97 Å². The van der Waals surface area contributed by atoms with E-state index in [2.05, 4.69) is 14.9 Å². The lowest BCUT2D eigenvalue weighted by Crippen LogP contribution is -2.36. The van der Waals surface area contributed by atoms with E-state index in [0.717, 1.165) is 29.7 Å². The van der Waals surface area contributed by atoms with Crippen LogP contribution in [-0.2, 0) is 4.74 Å². The molecule has 0 aliphatic carbocycles. The highest BCUT2D eigenvalue weighted by molar-refractivity contribution is 5.99. The lowest BCUT2D eigenvalue weighted by Gasteiger charge is -2.29. The van der Waals surface area contributed by atoms with Crippen LogP contribution in [0, 0.1) is 0 Å². The number of ether oxygens (including phenoxy) is 1. The average molecular weight is 258 g/mol. The number of hydrogen-bond acceptors (Lipinski definition) is 5. The van der Waals surface area contributed by atoms with E-state index in [0.29, 0.717) is 18.8 Å². The first-order valence-electron chi connectivity index (χ1n) is 6.12. The standard InChI is InChI=1S/C13H14N4O2/c14-13(18)9-5-10-11(16-6-9)7-15-8-12(10)17-1-3-19-4-2-17/h5-8H,1-4H2,(H2,14,18). The highest BCUT2D eigenvalue weighted by atomic mass is 16.5. The Kier molecular flexibility index (Phi) is 3.00. The number of morpholine rings is 1. The summed E-state index contributed by atoms with van der Waals surface area (Å²) in [4.78, 5) is 21.9. The second-order valence-corrected chi connectivity index (χ2v) is 4.41. The number of nitrogens with two attached hydrogens (primary N) is 1. The molecule has 0 spiro atoms. The summed E-state index contributed by atoms with van der Waals surface area (Å²) in [6.07, 6.45) is 4.96. The van der Waals surface area contributed by atoms with Crippen LogP contribution >= 0.6 is 0 Å². The normalized spacial score (nSPS) is 15.7. The minimum Gasteiger partial charge on any atom is -0.378 e. The van der Waals surface area contributed by atoms with E-state index in [1.165, 1.54) is 6.20 Å². The maximum atomic E-state index is 11.3. The van der Waals surface area contributed by atoms with E-state index in [9.17, 15) is 4.79 Å². The third kappa shape index (κ3) is 2.22. The van der Waals surface area contributed by atoms with Crippen molar-refractivity contribution in [3.05, 3.63) is 30.2 Å². The number of pyridine rings is 2. The number of carbonyl (C=O) groups excluding carboxylic acids is 1. The number of nitrogens with zero attached hydrogens (tertiary/aromatic N) is 3. The van der Waals surface area contributed by atoms with Crippen LogP contribution in [0.1, 0.15) is 10.4 Å². The van der Waals surface area contributed by atoms with E-state index in [1.807, 2.05) is 0 Å². The molecule has 0 bridgehead atoms. The Morgan fingerprint density at radius 3 is 2.79 bits per heavy atom. The molecular formula is C13H14N4O2. The molecule has 19 heavy (non-hydrogen) atoms. The molecule has 98 valence electrons. The van der Waals surface area contributed by atoms with E-state index in [-0.39, 0.29) is 0 Å². The Morgan fingerprint density at radius 2 is 2.05 bits per heavy atom. The van der Waals surface area contributed by atoms with Crippen molar-refractivity contribution < 1.29 is 9.53 Å². The van der Waals surface area contributed by atoms with Crippen LogP contribution in [0.5, 0.6) is 0 Å². The number of amides is 1. The van der Waals surface area contributed by atoms with Gasteiger partial charge in [-0.15, -0.1) is 0 Å². The van der Waals surface area contributed by atoms with E-state index >= 15 is 0 Å². The first-order valence-corrected chi connectivity index (χ1v) is 6.12. The van der Waals surface area contributed by atoms with Crippen LogP contribution in [0.2, 0.25) is 0 Å². The second kappa shape index (κ2) is 4.81. The molecule has 3 heterocycles. The Bertz CT molecular complexity index is 623. The van der Waals surface area contributed by atoms with Crippen molar-refractivity contribution in [2.75, 3.05) is 31.2 Å². The van der Waals surface area contributed by atoms with Gasteiger partial charge in [0.1, 0.15) is 0 Å². The third-order valence-corrected chi connectivity index (χ3v) is 3.22. The van der Waals surface area contributed by atoms with Gasteiger partial charge >= 0.3 is 0 Å². The van der Waals surface area contributed by atoms with Crippen LogP contribution in [0.25, 0.3) is 10.9 Å². The van der Waals surface area contributed by atoms with Crippen molar-refractivity contribution in [3.8, 4) is 0 Å². The van der Waals surface area contributed by atoms with Gasteiger partial charge in [-0.05, 0) is 6.07 Å². The maximum absolute atomic E-state index is 11.3. The Hall–Kier alpha value is -2.21. The molecule has 0 atom stereocenters. The van der Waals surface area contributed by atoms with Crippen molar-refractivity contribution in [2.24, 2.45) is 5.73 Å². The molecule has 1 aliphatic rings. The zero-order chi connectivity index (χ0) is 13.2. The minimum atomic E-state index is -0.473. The van der Waals surface area contributed by atoms with Gasteiger partial charge in [0.2, 0.25) is 5.91 Å². The summed E-state index contributed by atoms with van der Waals surface area (Å²) in [6.45, 7) is 3.00. The monoisotopic (exact) mass is 258 g/mol. The van der Waals surface area contributed by atoms with Gasteiger partial charge in [0.15, 0.2) is 0 Å². The molecule has 2 aromatic heterocycles. The van der Waals surface area contributed by atoms with E-state index in [1.54, 1.807) is 18.5 Å². The summed E-state index contributed by atoms with van der Waals surface area (Å²) >= 11 is 0. The summed E-state index contributed by atoms with van der Waals surface area (Å²) in [5.74, 6) is -0.473. The van der Waals surface area contributed by atoms with Crippen LogP contribution in [0.4, 0.5) is 5.69 Å². The summed E-state index contributed by atoms with van der Waals surface area (Å²) in [7, 11) is 0. The van der Waals surface area contributed by atoms with Crippen molar-refractivity contribution >= 4 is 22.5 Å². The maximum Gasteiger partial charge on any atom is 0.250 e. The number of fused-ring (bicyclic) bond motifs is 1. The molecule has 0 radical (unpaired) electrons. The Balaban J connectivity index is 2.11. The van der Waals surface area contributed by atoms with Crippen LogP contribution in [0.15, 0.2) is 24.7 Å². The van der Waals surface area contributed by atoms with Gasteiger partial charge in [0.05, 0.1) is 42.4 Å². The first kappa shape index (κ1) is 11.9. The number of aromatic nitrogens is 2. The van der Waals surface area contributed by atoms with Gasteiger partial charge in [0.25, 0.3) is 0 Å². The highest BCUT2D eigenvalue weighted by Gasteiger charge is 2.15. The number of carbonyl (C=O) groups is 1. The van der Waals surface area contributed by atoms with Gasteiger partial charge in [-0.3, -0.25) is 14.8 Å². The van der Waals surface area contributed by atoms with E-state index in [4.69, 9.17) is 10.5 Å². The van der Waals surface area contributed by atoms with Gasteiger partial charge in [-0.25, -0.2) is 0 Å². The summed E-state index contributed by atoms with van der Waals surface area (Å²) in [5, 5.41) is 0.896. The van der Waals surface area contributed by atoms with E-state index < -0.39 is 5.91 Å². The molecule has 1 fully saturated rings. The third-order valence-electron chi connectivity index (χ3n) is 3.22. The van der Waals surface area contributed by atoms with Gasteiger partial charge in [-0.2, -0.15) is 0 Å². The van der Waals surface area contributed by atoms with Crippen LogP contribution < -0.4 is 10.6 Å². The molecule has 0 unspecified atom stereocenters. The molecule has 2 N–H and O–H groups in total. The SMILES string of the molecule is NC(=O)c1cnc2cncc(N3CCOCC3)c2c1. The fourth-order valence-corrected chi connectivity index (χ4v) is 2.22. The van der Waals surface area contributed by atoms with Crippen molar-refractivity contribution in [3.63, 3.8) is 0 Å². The fourth-order valence-electron chi connectivity index (χ4n) is 2.22. The number of rotatable bonds is 2. The number of primary amides is 1. The molecule has 1 saturated heterocycles. The van der Waals surface area contributed by atoms with Crippen LogP contribution in [0.3, 0.4) is 0 Å². The fraction of sp³-hybridized carbons (Fsp3) is 0.308.